The molecule has 4 rings (SSSR count). The van der Waals surface area contributed by atoms with Gasteiger partial charge in [0.05, 0.1) is 0 Å². The number of fused-ring (bicyclic) bond motifs is 1. The van der Waals surface area contributed by atoms with Crippen LogP contribution in [-0.2, 0) is 11.2 Å². The number of aromatic nitrogens is 1. The number of amides is 1. The van der Waals surface area contributed by atoms with Gasteiger partial charge >= 0.3 is 5.97 Å². The number of aliphatic carboxylic acids is 1. The highest BCUT2D eigenvalue weighted by Gasteiger charge is 2.34. The molecule has 3 aromatic rings. The van der Waals surface area contributed by atoms with Crippen LogP contribution in [0.2, 0.25) is 0 Å². The van der Waals surface area contributed by atoms with Gasteiger partial charge < -0.3 is 10.1 Å². The third kappa shape index (κ3) is 4.24. The molecule has 1 atom stereocenters. The van der Waals surface area contributed by atoms with Crippen LogP contribution in [0, 0.1) is 5.92 Å². The Hall–Kier alpha value is -3.12. The minimum atomic E-state index is -1.00. The second-order valence-corrected chi connectivity index (χ2v) is 8.03. The van der Waals surface area contributed by atoms with Gasteiger partial charge in [0.2, 0.25) is 0 Å². The maximum Gasteiger partial charge on any atom is 0.327 e. The minimum absolute atomic E-state index is 0.269. The Bertz CT molecular complexity index is 1020. The number of nitrogens with zero attached hydrogens (tertiary/aromatic N) is 2. The summed E-state index contributed by atoms with van der Waals surface area (Å²) in [6.07, 6.45) is 4.71. The first kappa shape index (κ1) is 20.2. The summed E-state index contributed by atoms with van der Waals surface area (Å²) in [6, 6.07) is 16.8. The van der Waals surface area contributed by atoms with Crippen LogP contribution >= 0.6 is 0 Å². The molecule has 6 heteroatoms. The first-order valence-electron chi connectivity index (χ1n) is 10.4. The number of piperidine rings is 1. The van der Waals surface area contributed by atoms with Crippen molar-refractivity contribution in [2.24, 2.45) is 5.92 Å². The number of H-pyrrole nitrogens is 1. The fourth-order valence-electron chi connectivity index (χ4n) is 4.26. The van der Waals surface area contributed by atoms with E-state index in [4.69, 9.17) is 0 Å². The molecular formula is C24H27N3O3. The Morgan fingerprint density at radius 2 is 1.87 bits per heavy atom. The Labute approximate surface area is 176 Å². The summed E-state index contributed by atoms with van der Waals surface area (Å²) in [5.41, 5.74) is 2.77. The highest BCUT2D eigenvalue weighted by Crippen LogP contribution is 2.25. The lowest BCUT2D eigenvalue weighted by Crippen LogP contribution is -2.56. The summed E-state index contributed by atoms with van der Waals surface area (Å²) < 4.78 is 0. The van der Waals surface area contributed by atoms with E-state index in [1.54, 1.807) is 13.0 Å². The molecule has 0 radical (unpaired) electrons. The average Bonchev–Trinajstić information content (AvgIpc) is 3.23. The van der Waals surface area contributed by atoms with Crippen molar-refractivity contribution in [3.8, 4) is 0 Å². The molecule has 2 heterocycles. The van der Waals surface area contributed by atoms with Crippen molar-refractivity contribution in [2.75, 3.05) is 13.1 Å². The van der Waals surface area contributed by atoms with Gasteiger partial charge in [0.25, 0.3) is 5.91 Å². The van der Waals surface area contributed by atoms with E-state index < -0.39 is 12.0 Å². The highest BCUT2D eigenvalue weighted by molar-refractivity contribution is 5.99. The van der Waals surface area contributed by atoms with E-state index in [-0.39, 0.29) is 5.91 Å². The van der Waals surface area contributed by atoms with E-state index in [2.05, 4.69) is 29.2 Å². The number of hydrogen-bond donors (Lipinski definition) is 2. The SMILES string of the molecule is CC(C(=O)O)N(C(=O)c1ccc2[nH]ccc2c1)N1CCC(Cc2ccccc2)CC1. The van der Waals surface area contributed by atoms with E-state index in [0.29, 0.717) is 24.6 Å². The van der Waals surface area contributed by atoms with Crippen molar-refractivity contribution >= 4 is 22.8 Å². The maximum atomic E-state index is 13.3. The number of aromatic amines is 1. The molecule has 6 nitrogen and oxygen atoms in total. The van der Waals surface area contributed by atoms with Crippen LogP contribution in [0.4, 0.5) is 0 Å². The molecular weight excluding hydrogens is 378 g/mol. The van der Waals surface area contributed by atoms with Crippen LogP contribution in [-0.4, -0.2) is 51.1 Å². The number of carboxylic acid groups (broad SMARTS) is 1. The molecule has 2 N–H and O–H groups in total. The largest absolute Gasteiger partial charge is 0.480 e. The van der Waals surface area contributed by atoms with Gasteiger partial charge in [-0.1, -0.05) is 30.3 Å². The fourth-order valence-corrected chi connectivity index (χ4v) is 4.26. The summed E-state index contributed by atoms with van der Waals surface area (Å²) in [4.78, 5) is 28.2. The molecule has 1 aliphatic heterocycles. The zero-order valence-electron chi connectivity index (χ0n) is 17.1. The van der Waals surface area contributed by atoms with E-state index in [1.165, 1.54) is 10.6 Å². The molecule has 1 saturated heterocycles. The summed E-state index contributed by atoms with van der Waals surface area (Å²) >= 11 is 0. The van der Waals surface area contributed by atoms with Crippen LogP contribution in [0.1, 0.15) is 35.7 Å². The van der Waals surface area contributed by atoms with E-state index in [0.717, 1.165) is 30.2 Å². The molecule has 30 heavy (non-hydrogen) atoms. The van der Waals surface area contributed by atoms with Gasteiger partial charge in [0.1, 0.15) is 6.04 Å². The van der Waals surface area contributed by atoms with Crippen molar-refractivity contribution in [2.45, 2.75) is 32.2 Å². The second-order valence-electron chi connectivity index (χ2n) is 8.03. The number of carboxylic acids is 1. The molecule has 1 aromatic heterocycles. The number of rotatable bonds is 6. The quantitative estimate of drug-likeness (QED) is 0.651. The zero-order chi connectivity index (χ0) is 21.1. The normalized spacial score (nSPS) is 16.4. The molecule has 1 amide bonds. The molecule has 1 aliphatic rings. The Kier molecular flexibility index (Phi) is 5.86. The van der Waals surface area contributed by atoms with Crippen molar-refractivity contribution in [3.63, 3.8) is 0 Å². The predicted octanol–water partition coefficient (Wildman–Crippen LogP) is 3.95. The van der Waals surface area contributed by atoms with Crippen molar-refractivity contribution < 1.29 is 14.7 Å². The van der Waals surface area contributed by atoms with Gasteiger partial charge in [-0.25, -0.2) is 9.80 Å². The third-order valence-electron chi connectivity index (χ3n) is 6.00. The number of hydrogen-bond acceptors (Lipinski definition) is 3. The van der Waals surface area contributed by atoms with Crippen molar-refractivity contribution in [3.05, 3.63) is 71.9 Å². The summed E-state index contributed by atoms with van der Waals surface area (Å²) in [7, 11) is 0. The first-order valence-corrected chi connectivity index (χ1v) is 10.4. The van der Waals surface area contributed by atoms with Gasteiger partial charge in [0.15, 0.2) is 0 Å². The molecule has 0 spiro atoms. The van der Waals surface area contributed by atoms with Gasteiger partial charge in [0, 0.05) is 35.8 Å². The highest BCUT2D eigenvalue weighted by atomic mass is 16.4. The topological polar surface area (TPSA) is 76.6 Å². The zero-order valence-corrected chi connectivity index (χ0v) is 17.1. The Morgan fingerprint density at radius 3 is 2.57 bits per heavy atom. The summed E-state index contributed by atoms with van der Waals surface area (Å²) in [5, 5.41) is 13.9. The van der Waals surface area contributed by atoms with Crippen LogP contribution in [0.15, 0.2) is 60.8 Å². The van der Waals surface area contributed by atoms with E-state index in [9.17, 15) is 14.7 Å². The predicted molar refractivity (Wildman–Crippen MR) is 116 cm³/mol. The molecule has 0 saturated carbocycles. The first-order chi connectivity index (χ1) is 14.5. The van der Waals surface area contributed by atoms with Gasteiger partial charge in [-0.05, 0) is 61.9 Å². The summed E-state index contributed by atoms with van der Waals surface area (Å²) in [6.45, 7) is 2.92. The number of carbonyl (C=O) groups is 2. The van der Waals surface area contributed by atoms with Crippen LogP contribution in [0.3, 0.4) is 0 Å². The average molecular weight is 405 g/mol. The van der Waals surface area contributed by atoms with Crippen molar-refractivity contribution in [1.29, 1.82) is 0 Å². The van der Waals surface area contributed by atoms with E-state index >= 15 is 0 Å². The minimum Gasteiger partial charge on any atom is -0.480 e. The van der Waals surface area contributed by atoms with Crippen LogP contribution in [0.5, 0.6) is 0 Å². The lowest BCUT2D eigenvalue weighted by Gasteiger charge is -2.41. The van der Waals surface area contributed by atoms with Gasteiger partial charge in [-0.3, -0.25) is 9.80 Å². The fraction of sp³-hybridized carbons (Fsp3) is 0.333. The molecule has 156 valence electrons. The standard InChI is InChI=1S/C24H27N3O3/c1-17(24(29)30)27(23(28)21-7-8-22-20(16-21)9-12-25-22)26-13-10-19(11-14-26)15-18-5-3-2-4-6-18/h2-9,12,16-17,19,25H,10-11,13-15H2,1H3,(H,29,30). The van der Waals surface area contributed by atoms with Crippen molar-refractivity contribution in [1.82, 2.24) is 15.0 Å². The Balaban J connectivity index is 1.50. The third-order valence-corrected chi connectivity index (χ3v) is 6.00. The second kappa shape index (κ2) is 8.71. The Morgan fingerprint density at radius 1 is 1.13 bits per heavy atom. The number of nitrogens with one attached hydrogen (secondary N) is 1. The lowest BCUT2D eigenvalue weighted by atomic mass is 9.90. The number of carbonyl (C=O) groups excluding carboxylic acids is 1. The van der Waals surface area contributed by atoms with Gasteiger partial charge in [-0.15, -0.1) is 0 Å². The van der Waals surface area contributed by atoms with E-state index in [1.807, 2.05) is 35.5 Å². The van der Waals surface area contributed by atoms with Crippen LogP contribution < -0.4 is 0 Å². The summed E-state index contributed by atoms with van der Waals surface area (Å²) in [5.74, 6) is -0.732. The molecule has 0 bridgehead atoms. The number of benzene rings is 2. The van der Waals surface area contributed by atoms with Crippen LogP contribution in [0.25, 0.3) is 10.9 Å². The lowest BCUT2D eigenvalue weighted by molar-refractivity contribution is -0.149. The molecule has 0 aliphatic carbocycles. The maximum absolute atomic E-state index is 13.3. The molecule has 2 aromatic carbocycles. The molecule has 1 fully saturated rings. The number of hydrazine groups is 1. The monoisotopic (exact) mass is 405 g/mol. The van der Waals surface area contributed by atoms with Gasteiger partial charge in [-0.2, -0.15) is 0 Å². The smallest absolute Gasteiger partial charge is 0.327 e. The molecule has 1 unspecified atom stereocenters.